The van der Waals surface area contributed by atoms with Gasteiger partial charge in [-0.25, -0.2) is 9.37 Å². The van der Waals surface area contributed by atoms with Crippen molar-refractivity contribution in [2.24, 2.45) is 0 Å². The van der Waals surface area contributed by atoms with Gasteiger partial charge < -0.3 is 5.32 Å². The second kappa shape index (κ2) is 11.5. The fraction of sp³-hybridized carbons (Fsp3) is 0.391. The molecule has 0 unspecified atom stereocenters. The van der Waals surface area contributed by atoms with Gasteiger partial charge in [0.1, 0.15) is 11.6 Å². The Balaban J connectivity index is 0.000000357. The van der Waals surface area contributed by atoms with Gasteiger partial charge in [-0.1, -0.05) is 25.1 Å². The van der Waals surface area contributed by atoms with Gasteiger partial charge in [0.15, 0.2) is 0 Å². The number of allylic oxidation sites excluding steroid dienone is 6. The fourth-order valence-corrected chi connectivity index (χ4v) is 3.11. The van der Waals surface area contributed by atoms with Crippen molar-refractivity contribution < 1.29 is 17.6 Å². The molecule has 2 aromatic rings. The Morgan fingerprint density at radius 1 is 1.26 bits per heavy atom. The number of fused-ring (bicyclic) bond motifs is 1. The van der Waals surface area contributed by atoms with E-state index in [4.69, 9.17) is 0 Å². The first kappa shape index (κ1) is 24.4. The summed E-state index contributed by atoms with van der Waals surface area (Å²) in [6.45, 7) is 3.79. The summed E-state index contributed by atoms with van der Waals surface area (Å²) in [5.41, 5.74) is 0.224. The summed E-state index contributed by atoms with van der Waals surface area (Å²) in [4.78, 5) is 3.99. The zero-order chi connectivity index (χ0) is 22.9. The van der Waals surface area contributed by atoms with Crippen LogP contribution in [0, 0.1) is 0 Å². The molecule has 1 aliphatic heterocycles. The molecule has 0 saturated carbocycles. The zero-order valence-electron chi connectivity index (χ0n) is 18.0. The van der Waals surface area contributed by atoms with Crippen molar-refractivity contribution in [2.75, 3.05) is 12.4 Å². The van der Waals surface area contributed by atoms with Crippen LogP contribution in [-0.4, -0.2) is 28.0 Å². The molecular formula is C23H28F4N4. The number of alkyl halides is 3. The van der Waals surface area contributed by atoms with E-state index in [0.29, 0.717) is 0 Å². The minimum atomic E-state index is -4.52. The first-order valence-electron chi connectivity index (χ1n) is 10.3. The SMILES string of the molecule is CNc1ccccn1.C\C=C(F)/C(=C\C(=C\CC)C(F)(F)F)c1cc2n(n1)CCCC2. The summed E-state index contributed by atoms with van der Waals surface area (Å²) in [5, 5.41) is 7.20. The minimum absolute atomic E-state index is 0.119. The van der Waals surface area contributed by atoms with Crippen molar-refractivity contribution in [2.45, 2.75) is 52.3 Å². The molecule has 168 valence electrons. The molecule has 0 radical (unpaired) electrons. The van der Waals surface area contributed by atoms with E-state index < -0.39 is 17.6 Å². The van der Waals surface area contributed by atoms with Crippen molar-refractivity contribution in [1.29, 1.82) is 0 Å². The van der Waals surface area contributed by atoms with Gasteiger partial charge in [0.25, 0.3) is 0 Å². The number of anilines is 1. The summed E-state index contributed by atoms with van der Waals surface area (Å²) < 4.78 is 55.2. The van der Waals surface area contributed by atoms with E-state index in [1.807, 2.05) is 25.2 Å². The van der Waals surface area contributed by atoms with Gasteiger partial charge in [0, 0.05) is 31.1 Å². The van der Waals surface area contributed by atoms with Gasteiger partial charge in [-0.2, -0.15) is 18.3 Å². The predicted octanol–water partition coefficient (Wildman–Crippen LogP) is 6.50. The molecule has 0 spiro atoms. The quantitative estimate of drug-likeness (QED) is 0.430. The molecule has 0 saturated heterocycles. The molecule has 31 heavy (non-hydrogen) atoms. The zero-order valence-corrected chi connectivity index (χ0v) is 18.0. The maximum atomic E-state index is 14.2. The average molecular weight is 436 g/mol. The number of hydrogen-bond donors (Lipinski definition) is 1. The van der Waals surface area contributed by atoms with Crippen molar-refractivity contribution >= 4 is 11.4 Å². The molecule has 3 rings (SSSR count). The van der Waals surface area contributed by atoms with Gasteiger partial charge in [0.2, 0.25) is 0 Å². The number of hydrogen-bond acceptors (Lipinski definition) is 3. The van der Waals surface area contributed by atoms with E-state index in [1.165, 1.54) is 6.92 Å². The van der Waals surface area contributed by atoms with Crippen LogP contribution in [0.15, 0.2) is 60.1 Å². The summed E-state index contributed by atoms with van der Waals surface area (Å²) >= 11 is 0. The Bertz CT molecular complexity index is 901. The topological polar surface area (TPSA) is 42.7 Å². The number of halogens is 4. The fourth-order valence-electron chi connectivity index (χ4n) is 3.11. The van der Waals surface area contributed by atoms with Crippen LogP contribution in [0.5, 0.6) is 0 Å². The molecular weight excluding hydrogens is 408 g/mol. The summed E-state index contributed by atoms with van der Waals surface area (Å²) in [5.74, 6) is 0.208. The van der Waals surface area contributed by atoms with Gasteiger partial charge >= 0.3 is 6.18 Å². The Morgan fingerprint density at radius 2 is 2.03 bits per heavy atom. The highest BCUT2D eigenvalue weighted by atomic mass is 19.4. The molecule has 0 bridgehead atoms. The molecule has 8 heteroatoms. The molecule has 4 nitrogen and oxygen atoms in total. The van der Waals surface area contributed by atoms with E-state index in [2.05, 4.69) is 15.4 Å². The minimum Gasteiger partial charge on any atom is -0.373 e. The number of aryl methyl sites for hydroxylation is 2. The van der Waals surface area contributed by atoms with Crippen LogP contribution >= 0.6 is 0 Å². The molecule has 1 N–H and O–H groups in total. The molecule has 1 aliphatic rings. The standard InChI is InChI=1S/C17H20F4N2.C6H8N2/c1-3-7-12(17(19,20)21)10-14(15(18)4-2)16-11-13-8-5-6-9-23(13)22-16;1-7-6-4-2-3-5-8-6/h4,7,10-11H,3,5-6,8-9H2,1-2H3;2-5H,1H3,(H,7,8)/b12-7-,14-10+,15-4+;. The number of aromatic nitrogens is 3. The maximum Gasteiger partial charge on any atom is 0.416 e. The number of pyridine rings is 1. The van der Waals surface area contributed by atoms with Crippen LogP contribution in [0.1, 0.15) is 44.5 Å². The van der Waals surface area contributed by atoms with Gasteiger partial charge in [0.05, 0.1) is 11.3 Å². The Morgan fingerprint density at radius 3 is 2.55 bits per heavy atom. The predicted molar refractivity (Wildman–Crippen MR) is 116 cm³/mol. The van der Waals surface area contributed by atoms with Crippen molar-refractivity contribution in [3.63, 3.8) is 0 Å². The van der Waals surface area contributed by atoms with Crippen molar-refractivity contribution in [3.05, 3.63) is 71.5 Å². The second-order valence-electron chi connectivity index (χ2n) is 6.93. The van der Waals surface area contributed by atoms with Gasteiger partial charge in [-0.3, -0.25) is 4.68 Å². The lowest BCUT2D eigenvalue weighted by Crippen LogP contribution is -2.11. The van der Waals surface area contributed by atoms with E-state index in [1.54, 1.807) is 23.9 Å². The molecule has 0 aliphatic carbocycles. The maximum absolute atomic E-state index is 14.2. The van der Waals surface area contributed by atoms with Crippen LogP contribution in [-0.2, 0) is 13.0 Å². The normalized spacial score (nSPS) is 15.1. The largest absolute Gasteiger partial charge is 0.416 e. The number of nitrogens with one attached hydrogen (secondary N) is 1. The summed E-state index contributed by atoms with van der Waals surface area (Å²) in [7, 11) is 1.85. The Labute approximate surface area is 180 Å². The highest BCUT2D eigenvalue weighted by Crippen LogP contribution is 2.33. The van der Waals surface area contributed by atoms with Crippen LogP contribution in [0.4, 0.5) is 23.4 Å². The second-order valence-corrected chi connectivity index (χ2v) is 6.93. The molecule has 2 aromatic heterocycles. The molecule has 0 atom stereocenters. The first-order valence-corrected chi connectivity index (χ1v) is 10.3. The van der Waals surface area contributed by atoms with Crippen LogP contribution in [0.2, 0.25) is 0 Å². The third-order valence-electron chi connectivity index (χ3n) is 4.68. The number of rotatable bonds is 5. The van der Waals surface area contributed by atoms with E-state index in [9.17, 15) is 17.6 Å². The summed E-state index contributed by atoms with van der Waals surface area (Å²) in [6.07, 6.45) is 3.32. The Kier molecular flexibility index (Phi) is 9.03. The average Bonchev–Trinajstić information content (AvgIpc) is 3.20. The lowest BCUT2D eigenvalue weighted by Gasteiger charge is -2.12. The lowest BCUT2D eigenvalue weighted by atomic mass is 10.0. The van der Waals surface area contributed by atoms with Crippen molar-refractivity contribution in [1.82, 2.24) is 14.8 Å². The monoisotopic (exact) mass is 436 g/mol. The van der Waals surface area contributed by atoms with Crippen LogP contribution in [0.3, 0.4) is 0 Å². The van der Waals surface area contributed by atoms with E-state index in [-0.39, 0.29) is 17.7 Å². The highest BCUT2D eigenvalue weighted by Gasteiger charge is 2.32. The van der Waals surface area contributed by atoms with E-state index in [0.717, 1.165) is 55.5 Å². The molecule has 0 aromatic carbocycles. The Hall–Kier alpha value is -2.90. The summed E-state index contributed by atoms with van der Waals surface area (Å²) in [6, 6.07) is 7.44. The van der Waals surface area contributed by atoms with Gasteiger partial charge in [-0.15, -0.1) is 0 Å². The van der Waals surface area contributed by atoms with Crippen LogP contribution < -0.4 is 5.32 Å². The van der Waals surface area contributed by atoms with Crippen molar-refractivity contribution in [3.8, 4) is 0 Å². The third kappa shape index (κ3) is 7.08. The first-order chi connectivity index (χ1) is 14.8. The molecule has 0 amide bonds. The van der Waals surface area contributed by atoms with E-state index >= 15 is 0 Å². The highest BCUT2D eigenvalue weighted by molar-refractivity contribution is 5.77. The molecule has 3 heterocycles. The third-order valence-corrected chi connectivity index (χ3v) is 4.68. The van der Waals surface area contributed by atoms with Crippen LogP contribution in [0.25, 0.3) is 5.57 Å². The van der Waals surface area contributed by atoms with Gasteiger partial charge in [-0.05, 0) is 56.9 Å². The number of nitrogens with zero attached hydrogens (tertiary/aromatic N) is 3. The smallest absolute Gasteiger partial charge is 0.373 e. The molecule has 0 fully saturated rings. The lowest BCUT2D eigenvalue weighted by molar-refractivity contribution is -0.0883.